The summed E-state index contributed by atoms with van der Waals surface area (Å²) in [4.78, 5) is 25.9. The number of aromatic nitrogens is 4. The normalized spacial score (nSPS) is 14.0. The van der Waals surface area contributed by atoms with Gasteiger partial charge in [0.05, 0.1) is 7.11 Å². The number of aryl methyl sites for hydroxylation is 2. The second-order valence-electron chi connectivity index (χ2n) is 7.75. The molecule has 0 unspecified atom stereocenters. The van der Waals surface area contributed by atoms with Gasteiger partial charge in [-0.1, -0.05) is 6.92 Å². The number of ether oxygens (including phenoxy) is 1. The van der Waals surface area contributed by atoms with Crippen molar-refractivity contribution < 1.29 is 13.9 Å². The molecule has 4 rings (SSSR count). The predicted octanol–water partition coefficient (Wildman–Crippen LogP) is 2.71. The van der Waals surface area contributed by atoms with Crippen molar-refractivity contribution in [3.8, 4) is 17.1 Å². The van der Waals surface area contributed by atoms with E-state index in [4.69, 9.17) is 4.74 Å². The van der Waals surface area contributed by atoms with Crippen LogP contribution in [0.3, 0.4) is 0 Å². The molecule has 1 aromatic carbocycles. The molecule has 0 saturated carbocycles. The number of carbonyl (C=O) groups is 1. The predicted molar refractivity (Wildman–Crippen MR) is 119 cm³/mol. The summed E-state index contributed by atoms with van der Waals surface area (Å²) < 4.78 is 20.5. The molecule has 1 amide bonds. The molecule has 3 aromatic rings. The summed E-state index contributed by atoms with van der Waals surface area (Å²) >= 11 is 0. The van der Waals surface area contributed by atoms with Crippen LogP contribution >= 0.6 is 0 Å². The van der Waals surface area contributed by atoms with Crippen molar-refractivity contribution >= 4 is 11.7 Å². The fourth-order valence-corrected chi connectivity index (χ4v) is 3.78. The van der Waals surface area contributed by atoms with Crippen LogP contribution in [0.25, 0.3) is 11.4 Å². The van der Waals surface area contributed by atoms with E-state index in [0.717, 1.165) is 23.0 Å². The lowest BCUT2D eigenvalue weighted by molar-refractivity contribution is -0.132. The lowest BCUT2D eigenvalue weighted by Gasteiger charge is -2.35. The van der Waals surface area contributed by atoms with Gasteiger partial charge in [0.1, 0.15) is 29.8 Å². The Balaban J connectivity index is 1.42. The second kappa shape index (κ2) is 9.33. The van der Waals surface area contributed by atoms with Crippen molar-refractivity contribution in [2.75, 3.05) is 38.2 Å². The largest absolute Gasteiger partial charge is 0.497 e. The monoisotopic (exact) mass is 438 g/mol. The average molecular weight is 439 g/mol. The van der Waals surface area contributed by atoms with Crippen LogP contribution in [0, 0.1) is 12.7 Å². The lowest BCUT2D eigenvalue weighted by Crippen LogP contribution is -2.50. The highest BCUT2D eigenvalue weighted by Gasteiger charge is 2.23. The summed E-state index contributed by atoms with van der Waals surface area (Å²) in [5, 5.41) is 4.54. The van der Waals surface area contributed by atoms with Crippen molar-refractivity contribution in [3.63, 3.8) is 0 Å². The van der Waals surface area contributed by atoms with Crippen molar-refractivity contribution in [2.24, 2.45) is 0 Å². The van der Waals surface area contributed by atoms with E-state index < -0.39 is 0 Å². The zero-order chi connectivity index (χ0) is 22.7. The van der Waals surface area contributed by atoms with Crippen LogP contribution in [-0.4, -0.2) is 63.8 Å². The van der Waals surface area contributed by atoms with Crippen LogP contribution in [-0.2, 0) is 17.8 Å². The minimum absolute atomic E-state index is 0.00434. The zero-order valence-corrected chi connectivity index (χ0v) is 18.6. The Morgan fingerprint density at radius 2 is 1.94 bits per heavy atom. The van der Waals surface area contributed by atoms with E-state index in [9.17, 15) is 9.18 Å². The fourth-order valence-electron chi connectivity index (χ4n) is 3.78. The Kier molecular flexibility index (Phi) is 6.34. The van der Waals surface area contributed by atoms with Gasteiger partial charge >= 0.3 is 0 Å². The SMILES string of the molecule is CCc1nc(-c2ccc(F)c(C)c2)nn1CC(=O)N1CCN(c2cc(OC)ccn2)CC1. The summed E-state index contributed by atoms with van der Waals surface area (Å²) in [5.41, 5.74) is 1.28. The van der Waals surface area contributed by atoms with Crippen molar-refractivity contribution in [2.45, 2.75) is 26.8 Å². The quantitative estimate of drug-likeness (QED) is 0.589. The number of halogens is 1. The molecule has 32 heavy (non-hydrogen) atoms. The number of methoxy groups -OCH3 is 1. The average Bonchev–Trinajstić information content (AvgIpc) is 3.23. The minimum Gasteiger partial charge on any atom is -0.497 e. The zero-order valence-electron chi connectivity index (χ0n) is 18.6. The number of nitrogens with zero attached hydrogens (tertiary/aromatic N) is 6. The van der Waals surface area contributed by atoms with E-state index in [2.05, 4.69) is 20.0 Å². The third kappa shape index (κ3) is 4.56. The molecule has 168 valence electrons. The summed E-state index contributed by atoms with van der Waals surface area (Å²) in [5.74, 6) is 2.59. The molecule has 0 aliphatic carbocycles. The van der Waals surface area contributed by atoms with Gasteiger partial charge < -0.3 is 14.5 Å². The topological polar surface area (TPSA) is 76.4 Å². The number of rotatable bonds is 6. The molecule has 0 bridgehead atoms. The molecule has 0 N–H and O–H groups in total. The molecule has 3 heterocycles. The Hall–Kier alpha value is -3.49. The summed E-state index contributed by atoms with van der Waals surface area (Å²) in [6.07, 6.45) is 2.37. The highest BCUT2D eigenvalue weighted by molar-refractivity contribution is 5.76. The van der Waals surface area contributed by atoms with Crippen LogP contribution in [0.4, 0.5) is 10.2 Å². The number of hydrogen-bond acceptors (Lipinski definition) is 6. The molecule has 0 radical (unpaired) electrons. The number of piperazine rings is 1. The molecule has 0 atom stereocenters. The van der Waals surface area contributed by atoms with E-state index in [1.165, 1.54) is 6.07 Å². The molecule has 1 fully saturated rings. The number of benzene rings is 1. The maximum absolute atomic E-state index is 13.6. The number of amides is 1. The fraction of sp³-hybridized carbons (Fsp3) is 0.391. The first-order valence-electron chi connectivity index (χ1n) is 10.7. The van der Waals surface area contributed by atoms with E-state index in [1.54, 1.807) is 37.0 Å². The van der Waals surface area contributed by atoms with Gasteiger partial charge in [0.25, 0.3) is 0 Å². The van der Waals surface area contributed by atoms with Crippen LogP contribution in [0.15, 0.2) is 36.5 Å². The number of anilines is 1. The Morgan fingerprint density at radius 1 is 1.16 bits per heavy atom. The van der Waals surface area contributed by atoms with Gasteiger partial charge in [-0.25, -0.2) is 19.0 Å². The Morgan fingerprint density at radius 3 is 2.62 bits per heavy atom. The van der Waals surface area contributed by atoms with E-state index in [-0.39, 0.29) is 18.3 Å². The van der Waals surface area contributed by atoms with Gasteiger partial charge in [-0.05, 0) is 36.8 Å². The highest BCUT2D eigenvalue weighted by Crippen LogP contribution is 2.21. The van der Waals surface area contributed by atoms with Gasteiger partial charge in [-0.3, -0.25) is 4.79 Å². The number of carbonyl (C=O) groups excluding carboxylic acids is 1. The summed E-state index contributed by atoms with van der Waals surface area (Å²) in [6, 6.07) is 8.52. The second-order valence-corrected chi connectivity index (χ2v) is 7.75. The highest BCUT2D eigenvalue weighted by atomic mass is 19.1. The van der Waals surface area contributed by atoms with Crippen LogP contribution < -0.4 is 9.64 Å². The van der Waals surface area contributed by atoms with E-state index in [0.29, 0.717) is 44.0 Å². The third-order valence-electron chi connectivity index (χ3n) is 5.67. The molecule has 1 aliphatic rings. The van der Waals surface area contributed by atoms with Crippen molar-refractivity contribution in [1.29, 1.82) is 0 Å². The number of pyridine rings is 1. The van der Waals surface area contributed by atoms with Crippen LogP contribution in [0.2, 0.25) is 0 Å². The molecule has 1 saturated heterocycles. The maximum atomic E-state index is 13.6. The summed E-state index contributed by atoms with van der Waals surface area (Å²) in [7, 11) is 1.63. The van der Waals surface area contributed by atoms with Gasteiger partial charge in [0.15, 0.2) is 5.82 Å². The molecule has 8 nitrogen and oxygen atoms in total. The molecule has 0 spiro atoms. The molecule has 2 aromatic heterocycles. The van der Waals surface area contributed by atoms with Crippen LogP contribution in [0.5, 0.6) is 5.75 Å². The first-order chi connectivity index (χ1) is 15.5. The molecule has 1 aliphatic heterocycles. The summed E-state index contributed by atoms with van der Waals surface area (Å²) in [6.45, 7) is 6.43. The smallest absolute Gasteiger partial charge is 0.244 e. The van der Waals surface area contributed by atoms with E-state index in [1.807, 2.05) is 24.0 Å². The van der Waals surface area contributed by atoms with Crippen molar-refractivity contribution in [1.82, 2.24) is 24.6 Å². The van der Waals surface area contributed by atoms with Gasteiger partial charge in [0.2, 0.25) is 5.91 Å². The van der Waals surface area contributed by atoms with Gasteiger partial charge in [-0.2, -0.15) is 5.10 Å². The molecule has 9 heteroatoms. The maximum Gasteiger partial charge on any atom is 0.244 e. The Bertz CT molecular complexity index is 1110. The first kappa shape index (κ1) is 21.7. The lowest BCUT2D eigenvalue weighted by atomic mass is 10.1. The van der Waals surface area contributed by atoms with Gasteiger partial charge in [-0.15, -0.1) is 0 Å². The molecular formula is C23H27FN6O2. The van der Waals surface area contributed by atoms with E-state index >= 15 is 0 Å². The number of hydrogen-bond donors (Lipinski definition) is 0. The van der Waals surface area contributed by atoms with Crippen molar-refractivity contribution in [3.05, 3.63) is 53.7 Å². The standard InChI is InChI=1S/C23H27FN6O2/c1-4-20-26-23(17-5-6-19(24)16(2)13-17)27-30(20)15-22(31)29-11-9-28(10-12-29)21-14-18(32-3)7-8-25-21/h5-8,13-14H,4,9-12,15H2,1-3H3. The third-order valence-corrected chi connectivity index (χ3v) is 5.67. The molecular weight excluding hydrogens is 411 g/mol. The minimum atomic E-state index is -0.262. The Labute approximate surface area is 186 Å². The first-order valence-corrected chi connectivity index (χ1v) is 10.7. The van der Waals surface area contributed by atoms with Crippen LogP contribution in [0.1, 0.15) is 18.3 Å². The van der Waals surface area contributed by atoms with Gasteiger partial charge in [0, 0.05) is 50.4 Å².